The van der Waals surface area contributed by atoms with Gasteiger partial charge in [0.25, 0.3) is 5.91 Å². The number of imide groups is 1. The lowest BCUT2D eigenvalue weighted by Crippen LogP contribution is -2.52. The number of carbonyl (C=O) groups excluding carboxylic acids is 3. The van der Waals surface area contributed by atoms with Crippen LogP contribution in [0.25, 0.3) is 5.69 Å². The van der Waals surface area contributed by atoms with Crippen LogP contribution < -0.4 is 5.32 Å². The second-order valence-corrected chi connectivity index (χ2v) is 8.35. The first-order chi connectivity index (χ1) is 15.3. The average Bonchev–Trinajstić information content (AvgIpc) is 3.42. The molecule has 2 aliphatic rings. The molecule has 4 heterocycles. The molecule has 1 aromatic carbocycles. The Kier molecular flexibility index (Phi) is 4.65. The number of benzene rings is 1. The minimum atomic E-state index is -0.627. The summed E-state index contributed by atoms with van der Waals surface area (Å²) in [6.07, 6.45) is 2.43. The minimum Gasteiger partial charge on any atom is -0.322 e. The fourth-order valence-corrected chi connectivity index (χ4v) is 4.29. The monoisotopic (exact) mass is 433 g/mol. The molecule has 0 spiro atoms. The van der Waals surface area contributed by atoms with Crippen LogP contribution in [-0.2, 0) is 22.7 Å². The van der Waals surface area contributed by atoms with Crippen molar-refractivity contribution in [3.63, 3.8) is 0 Å². The molecule has 1 N–H and O–H groups in total. The van der Waals surface area contributed by atoms with Gasteiger partial charge in [-0.25, -0.2) is 4.68 Å². The molecule has 3 amide bonds. The highest BCUT2D eigenvalue weighted by Crippen LogP contribution is 2.29. The number of hydrogen-bond acceptors (Lipinski definition) is 6. The average molecular weight is 433 g/mol. The van der Waals surface area contributed by atoms with E-state index in [1.165, 1.54) is 10.5 Å². The Hall–Kier alpha value is -3.82. The standard InChI is InChI=1S/C22H23N7O3/c1-12-13(2)25-28(14(12)3)10-16-11-29(26-24-16)17-4-5-18-15(8-17)9-27(22(18)32)19-6-7-20(30)23-21(19)31/h4-5,8,11,19H,6-7,9-10H2,1-3H3,(H,23,30,31). The highest BCUT2D eigenvalue weighted by atomic mass is 16.2. The van der Waals surface area contributed by atoms with E-state index in [1.54, 1.807) is 10.7 Å². The third-order valence-corrected chi connectivity index (χ3v) is 6.37. The number of amides is 3. The molecule has 1 atom stereocenters. The van der Waals surface area contributed by atoms with Gasteiger partial charge in [-0.3, -0.25) is 24.4 Å². The molecular weight excluding hydrogens is 410 g/mol. The van der Waals surface area contributed by atoms with E-state index in [9.17, 15) is 14.4 Å². The number of nitrogens with zero attached hydrogens (tertiary/aromatic N) is 6. The molecule has 0 radical (unpaired) electrons. The van der Waals surface area contributed by atoms with E-state index in [1.807, 2.05) is 36.9 Å². The maximum Gasteiger partial charge on any atom is 0.255 e. The third-order valence-electron chi connectivity index (χ3n) is 6.37. The van der Waals surface area contributed by atoms with E-state index >= 15 is 0 Å². The highest BCUT2D eigenvalue weighted by molar-refractivity contribution is 6.05. The van der Waals surface area contributed by atoms with E-state index in [-0.39, 0.29) is 18.2 Å². The van der Waals surface area contributed by atoms with Gasteiger partial charge in [-0.2, -0.15) is 5.10 Å². The van der Waals surface area contributed by atoms with Crippen LogP contribution in [0.1, 0.15) is 51.4 Å². The van der Waals surface area contributed by atoms with E-state index in [4.69, 9.17) is 0 Å². The summed E-state index contributed by atoms with van der Waals surface area (Å²) < 4.78 is 3.59. The lowest BCUT2D eigenvalue weighted by atomic mass is 10.0. The van der Waals surface area contributed by atoms with Gasteiger partial charge in [0.05, 0.1) is 24.1 Å². The van der Waals surface area contributed by atoms with Gasteiger partial charge in [-0.05, 0) is 56.5 Å². The van der Waals surface area contributed by atoms with Crippen molar-refractivity contribution in [3.8, 4) is 5.69 Å². The third kappa shape index (κ3) is 3.28. The normalized spacial score (nSPS) is 18.3. The van der Waals surface area contributed by atoms with E-state index in [0.29, 0.717) is 25.1 Å². The Bertz CT molecular complexity index is 1270. The Morgan fingerprint density at radius 3 is 2.69 bits per heavy atom. The van der Waals surface area contributed by atoms with Crippen LogP contribution in [0.2, 0.25) is 0 Å². The van der Waals surface area contributed by atoms with Crippen molar-refractivity contribution in [2.24, 2.45) is 0 Å². The first-order valence-corrected chi connectivity index (χ1v) is 10.5. The van der Waals surface area contributed by atoms with Gasteiger partial charge in [0, 0.05) is 24.2 Å². The van der Waals surface area contributed by atoms with Crippen molar-refractivity contribution in [1.29, 1.82) is 0 Å². The van der Waals surface area contributed by atoms with Crippen molar-refractivity contribution < 1.29 is 14.4 Å². The molecule has 1 fully saturated rings. The molecule has 164 valence electrons. The zero-order valence-electron chi connectivity index (χ0n) is 18.1. The zero-order chi connectivity index (χ0) is 22.6. The number of fused-ring (bicyclic) bond motifs is 1. The molecule has 1 saturated heterocycles. The van der Waals surface area contributed by atoms with Crippen LogP contribution >= 0.6 is 0 Å². The van der Waals surface area contributed by atoms with Gasteiger partial charge in [-0.15, -0.1) is 5.10 Å². The van der Waals surface area contributed by atoms with Gasteiger partial charge in [0.2, 0.25) is 11.8 Å². The summed E-state index contributed by atoms with van der Waals surface area (Å²) in [5.41, 5.74) is 6.21. The van der Waals surface area contributed by atoms with E-state index in [2.05, 4.69) is 27.7 Å². The second kappa shape index (κ2) is 7.40. The van der Waals surface area contributed by atoms with Crippen molar-refractivity contribution >= 4 is 17.7 Å². The van der Waals surface area contributed by atoms with Crippen molar-refractivity contribution in [2.75, 3.05) is 0 Å². The fraction of sp³-hybridized carbons (Fsp3) is 0.364. The number of nitrogens with one attached hydrogen (secondary N) is 1. The topological polar surface area (TPSA) is 115 Å². The zero-order valence-corrected chi connectivity index (χ0v) is 18.1. The van der Waals surface area contributed by atoms with Crippen molar-refractivity contribution in [1.82, 2.24) is 35.0 Å². The lowest BCUT2D eigenvalue weighted by molar-refractivity contribution is -0.136. The van der Waals surface area contributed by atoms with Gasteiger partial charge in [-0.1, -0.05) is 5.21 Å². The molecule has 0 bridgehead atoms. The van der Waals surface area contributed by atoms with Gasteiger partial charge >= 0.3 is 0 Å². The molecule has 2 aromatic heterocycles. The quantitative estimate of drug-likeness (QED) is 0.618. The molecule has 2 aliphatic heterocycles. The molecule has 10 heteroatoms. The largest absolute Gasteiger partial charge is 0.322 e. The molecule has 0 aliphatic carbocycles. The summed E-state index contributed by atoms with van der Waals surface area (Å²) in [5.74, 6) is -0.904. The summed E-state index contributed by atoms with van der Waals surface area (Å²) in [7, 11) is 0. The number of carbonyl (C=O) groups is 3. The summed E-state index contributed by atoms with van der Waals surface area (Å²) >= 11 is 0. The number of piperidine rings is 1. The van der Waals surface area contributed by atoms with Gasteiger partial charge in [0.15, 0.2) is 0 Å². The van der Waals surface area contributed by atoms with Crippen LogP contribution in [0.5, 0.6) is 0 Å². The first-order valence-electron chi connectivity index (χ1n) is 10.5. The first kappa shape index (κ1) is 20.1. The van der Waals surface area contributed by atoms with E-state index < -0.39 is 11.9 Å². The highest BCUT2D eigenvalue weighted by Gasteiger charge is 2.39. The Balaban J connectivity index is 1.36. The maximum atomic E-state index is 12.9. The SMILES string of the molecule is Cc1nn(Cc2cn(-c3ccc4c(c3)CN(C3CCC(=O)NC3=O)C4=O)nn2)c(C)c1C. The van der Waals surface area contributed by atoms with E-state index in [0.717, 1.165) is 28.3 Å². The predicted molar refractivity (Wildman–Crippen MR) is 113 cm³/mol. The number of hydrogen-bond donors (Lipinski definition) is 1. The van der Waals surface area contributed by atoms with Crippen molar-refractivity contribution in [3.05, 3.63) is 58.2 Å². The predicted octanol–water partition coefficient (Wildman–Crippen LogP) is 1.20. The fourth-order valence-electron chi connectivity index (χ4n) is 4.29. The molecule has 3 aromatic rings. The Labute approximate surface area is 184 Å². The van der Waals surface area contributed by atoms with Crippen molar-refractivity contribution in [2.45, 2.75) is 52.7 Å². The molecule has 5 rings (SSSR count). The minimum absolute atomic E-state index is 0.194. The number of rotatable bonds is 4. The summed E-state index contributed by atoms with van der Waals surface area (Å²) in [5, 5.41) is 15.4. The molecule has 1 unspecified atom stereocenters. The van der Waals surface area contributed by atoms with Crippen LogP contribution in [0.3, 0.4) is 0 Å². The molecule has 32 heavy (non-hydrogen) atoms. The maximum absolute atomic E-state index is 12.9. The summed E-state index contributed by atoms with van der Waals surface area (Å²) in [4.78, 5) is 38.0. The molecular formula is C22H23N7O3. The number of aromatic nitrogens is 5. The van der Waals surface area contributed by atoms with Crippen LogP contribution in [0, 0.1) is 20.8 Å². The molecule has 10 nitrogen and oxygen atoms in total. The van der Waals surface area contributed by atoms with Crippen LogP contribution in [0.4, 0.5) is 0 Å². The van der Waals surface area contributed by atoms with Crippen LogP contribution in [0.15, 0.2) is 24.4 Å². The summed E-state index contributed by atoms with van der Waals surface area (Å²) in [6, 6.07) is 4.84. The Morgan fingerprint density at radius 1 is 1.16 bits per heavy atom. The second-order valence-electron chi connectivity index (χ2n) is 8.35. The van der Waals surface area contributed by atoms with Gasteiger partial charge in [0.1, 0.15) is 11.7 Å². The Morgan fingerprint density at radius 2 is 1.97 bits per heavy atom. The smallest absolute Gasteiger partial charge is 0.255 e. The van der Waals surface area contributed by atoms with Gasteiger partial charge < -0.3 is 4.90 Å². The summed E-state index contributed by atoms with van der Waals surface area (Å²) in [6.45, 7) is 6.91. The van der Waals surface area contributed by atoms with Crippen LogP contribution in [-0.4, -0.2) is 53.4 Å². The lowest BCUT2D eigenvalue weighted by Gasteiger charge is -2.29. The number of aryl methyl sites for hydroxylation is 1. The molecule has 0 saturated carbocycles.